The number of carbonyl (C=O) groups is 1. The molecule has 0 saturated carbocycles. The number of hydrogen-bond acceptors (Lipinski definition) is 4. The Morgan fingerprint density at radius 3 is 2.65 bits per heavy atom. The molecule has 5 aromatic rings. The molecule has 0 aliphatic carbocycles. The van der Waals surface area contributed by atoms with E-state index in [1.807, 2.05) is 35.7 Å². The first-order valence-electron chi connectivity index (χ1n) is 9.60. The predicted octanol–water partition coefficient (Wildman–Crippen LogP) is 5.57. The molecule has 5 nitrogen and oxygen atoms in total. The number of carbonyl (C=O) groups excluding carboxylic acids is 1. The number of rotatable bonds is 4. The molecule has 0 spiro atoms. The summed E-state index contributed by atoms with van der Waals surface area (Å²) in [5.74, 6) is -0.348. The van der Waals surface area contributed by atoms with Gasteiger partial charge in [0.1, 0.15) is 11.4 Å². The summed E-state index contributed by atoms with van der Waals surface area (Å²) in [6.07, 6.45) is 1.41. The monoisotopic (exact) mass is 445 g/mol. The number of para-hydroxylation sites is 1. The SMILES string of the molecule is O=C(Cn1cnc2scc(-c3ccc4ccccc4c3)c2c1=O)Nc1ccccc1Cl. The van der Waals surface area contributed by atoms with E-state index in [-0.39, 0.29) is 18.0 Å². The maximum Gasteiger partial charge on any atom is 0.263 e. The molecule has 0 atom stereocenters. The number of anilines is 1. The van der Waals surface area contributed by atoms with Crippen LogP contribution in [0, 0.1) is 0 Å². The maximum atomic E-state index is 13.2. The molecule has 0 bridgehead atoms. The van der Waals surface area contributed by atoms with Crippen LogP contribution in [0.5, 0.6) is 0 Å². The van der Waals surface area contributed by atoms with E-state index in [0.29, 0.717) is 20.9 Å². The van der Waals surface area contributed by atoms with Crippen LogP contribution >= 0.6 is 22.9 Å². The van der Waals surface area contributed by atoms with Crippen molar-refractivity contribution >= 4 is 55.5 Å². The Hall–Kier alpha value is -3.48. The van der Waals surface area contributed by atoms with Crippen LogP contribution in [0.1, 0.15) is 0 Å². The molecule has 31 heavy (non-hydrogen) atoms. The number of thiophene rings is 1. The van der Waals surface area contributed by atoms with Gasteiger partial charge in [-0.15, -0.1) is 11.3 Å². The number of fused-ring (bicyclic) bond motifs is 2. The quantitative estimate of drug-likeness (QED) is 0.393. The van der Waals surface area contributed by atoms with E-state index in [2.05, 4.69) is 22.4 Å². The predicted molar refractivity (Wildman–Crippen MR) is 127 cm³/mol. The number of hydrogen-bond donors (Lipinski definition) is 1. The summed E-state index contributed by atoms with van der Waals surface area (Å²) in [4.78, 5) is 30.8. The fourth-order valence-electron chi connectivity index (χ4n) is 3.56. The van der Waals surface area contributed by atoms with Gasteiger partial charge in [0.05, 0.1) is 22.4 Å². The van der Waals surface area contributed by atoms with Gasteiger partial charge < -0.3 is 5.32 Å². The summed E-state index contributed by atoms with van der Waals surface area (Å²) >= 11 is 7.52. The lowest BCUT2D eigenvalue weighted by molar-refractivity contribution is -0.116. The zero-order chi connectivity index (χ0) is 21.4. The molecule has 2 heterocycles. The Morgan fingerprint density at radius 2 is 1.81 bits per heavy atom. The van der Waals surface area contributed by atoms with E-state index in [0.717, 1.165) is 21.9 Å². The Balaban J connectivity index is 1.51. The van der Waals surface area contributed by atoms with E-state index in [4.69, 9.17) is 11.6 Å². The number of nitrogens with zero attached hydrogens (tertiary/aromatic N) is 2. The number of aromatic nitrogens is 2. The summed E-state index contributed by atoms with van der Waals surface area (Å²) in [7, 11) is 0. The first-order chi connectivity index (χ1) is 15.1. The molecule has 1 amide bonds. The molecule has 0 fully saturated rings. The van der Waals surface area contributed by atoms with Crippen LogP contribution in [-0.4, -0.2) is 15.5 Å². The molecule has 1 N–H and O–H groups in total. The minimum absolute atomic E-state index is 0.153. The molecular formula is C24H16ClN3O2S. The molecule has 0 aliphatic heterocycles. The summed E-state index contributed by atoms with van der Waals surface area (Å²) < 4.78 is 1.33. The zero-order valence-electron chi connectivity index (χ0n) is 16.2. The summed E-state index contributed by atoms with van der Waals surface area (Å²) in [6, 6.07) is 21.2. The van der Waals surface area contributed by atoms with Gasteiger partial charge in [0, 0.05) is 10.9 Å². The smallest absolute Gasteiger partial charge is 0.263 e. The Kier molecular flexibility index (Phi) is 5.02. The second-order valence-corrected chi connectivity index (χ2v) is 8.36. The molecule has 5 rings (SSSR count). The van der Waals surface area contributed by atoms with Gasteiger partial charge in [-0.1, -0.05) is 60.1 Å². The Labute approximate surface area is 186 Å². The fraction of sp³-hybridized carbons (Fsp3) is 0.0417. The van der Waals surface area contributed by atoms with Gasteiger partial charge in [-0.25, -0.2) is 4.98 Å². The summed E-state index contributed by atoms with van der Waals surface area (Å²) in [6.45, 7) is -0.153. The highest BCUT2D eigenvalue weighted by Gasteiger charge is 2.15. The Bertz CT molecular complexity index is 1510. The van der Waals surface area contributed by atoms with E-state index in [9.17, 15) is 9.59 Å². The minimum atomic E-state index is -0.348. The topological polar surface area (TPSA) is 64.0 Å². The molecule has 0 unspecified atom stereocenters. The van der Waals surface area contributed by atoms with Crippen molar-refractivity contribution in [3.63, 3.8) is 0 Å². The van der Waals surface area contributed by atoms with Crippen molar-refractivity contribution < 1.29 is 4.79 Å². The fourth-order valence-corrected chi connectivity index (χ4v) is 4.65. The van der Waals surface area contributed by atoms with E-state index < -0.39 is 0 Å². The normalized spacial score (nSPS) is 11.1. The van der Waals surface area contributed by atoms with Crippen molar-refractivity contribution in [2.75, 3.05) is 5.32 Å². The highest BCUT2D eigenvalue weighted by Crippen LogP contribution is 2.32. The molecule has 7 heteroatoms. The van der Waals surface area contributed by atoms with Crippen molar-refractivity contribution in [3.05, 3.63) is 93.8 Å². The van der Waals surface area contributed by atoms with Crippen LogP contribution < -0.4 is 10.9 Å². The molecule has 0 radical (unpaired) electrons. The first-order valence-corrected chi connectivity index (χ1v) is 10.9. The lowest BCUT2D eigenvalue weighted by atomic mass is 10.0. The van der Waals surface area contributed by atoms with Gasteiger partial charge in [0.15, 0.2) is 0 Å². The van der Waals surface area contributed by atoms with Gasteiger partial charge in [0.25, 0.3) is 5.56 Å². The second-order valence-electron chi connectivity index (χ2n) is 7.10. The lowest BCUT2D eigenvalue weighted by Gasteiger charge is -2.09. The third kappa shape index (κ3) is 3.71. The maximum absolute atomic E-state index is 13.2. The Morgan fingerprint density at radius 1 is 1.03 bits per heavy atom. The van der Waals surface area contributed by atoms with Crippen molar-refractivity contribution in [2.45, 2.75) is 6.54 Å². The number of nitrogens with one attached hydrogen (secondary N) is 1. The van der Waals surface area contributed by atoms with Gasteiger partial charge in [0.2, 0.25) is 5.91 Å². The van der Waals surface area contributed by atoms with E-state index in [1.54, 1.807) is 24.3 Å². The van der Waals surface area contributed by atoms with Crippen LogP contribution in [-0.2, 0) is 11.3 Å². The molecular weight excluding hydrogens is 430 g/mol. The van der Waals surface area contributed by atoms with Crippen molar-refractivity contribution in [1.82, 2.24) is 9.55 Å². The van der Waals surface area contributed by atoms with Crippen LogP contribution in [0.25, 0.3) is 32.1 Å². The molecule has 3 aromatic carbocycles. The summed E-state index contributed by atoms with van der Waals surface area (Å²) in [5, 5.41) is 7.88. The number of amides is 1. The molecule has 0 saturated heterocycles. The van der Waals surface area contributed by atoms with E-state index >= 15 is 0 Å². The average molecular weight is 446 g/mol. The highest BCUT2D eigenvalue weighted by atomic mass is 35.5. The van der Waals surface area contributed by atoms with Crippen LogP contribution in [0.4, 0.5) is 5.69 Å². The van der Waals surface area contributed by atoms with E-state index in [1.165, 1.54) is 22.2 Å². The largest absolute Gasteiger partial charge is 0.323 e. The number of benzene rings is 3. The molecule has 2 aromatic heterocycles. The average Bonchev–Trinajstić information content (AvgIpc) is 3.22. The van der Waals surface area contributed by atoms with Crippen molar-refractivity contribution in [3.8, 4) is 11.1 Å². The standard InChI is InChI=1S/C24H16ClN3O2S/c25-19-7-3-4-8-20(19)27-21(29)12-28-14-26-23-22(24(28)30)18(13-31-23)17-10-9-15-5-1-2-6-16(15)11-17/h1-11,13-14H,12H2,(H,27,29). The minimum Gasteiger partial charge on any atom is -0.323 e. The van der Waals surface area contributed by atoms with Crippen molar-refractivity contribution in [1.29, 1.82) is 0 Å². The van der Waals surface area contributed by atoms with Crippen molar-refractivity contribution in [2.24, 2.45) is 0 Å². The van der Waals surface area contributed by atoms with Gasteiger partial charge >= 0.3 is 0 Å². The molecule has 0 aliphatic rings. The van der Waals surface area contributed by atoms with Crippen LogP contribution in [0.2, 0.25) is 5.02 Å². The third-order valence-corrected chi connectivity index (χ3v) is 6.30. The van der Waals surface area contributed by atoms with Gasteiger partial charge in [-0.3, -0.25) is 14.2 Å². The second kappa shape index (κ2) is 7.98. The summed E-state index contributed by atoms with van der Waals surface area (Å²) in [5.41, 5.74) is 2.03. The lowest BCUT2D eigenvalue weighted by Crippen LogP contribution is -2.27. The molecule has 152 valence electrons. The van der Waals surface area contributed by atoms with Gasteiger partial charge in [-0.05, 0) is 34.5 Å². The zero-order valence-corrected chi connectivity index (χ0v) is 17.8. The van der Waals surface area contributed by atoms with Crippen LogP contribution in [0.15, 0.2) is 83.2 Å². The number of halogens is 1. The first kappa shape index (κ1) is 19.5. The van der Waals surface area contributed by atoms with Gasteiger partial charge in [-0.2, -0.15) is 0 Å². The third-order valence-electron chi connectivity index (χ3n) is 5.08. The van der Waals surface area contributed by atoms with Crippen LogP contribution in [0.3, 0.4) is 0 Å². The highest BCUT2D eigenvalue weighted by molar-refractivity contribution is 7.17.